The molecule has 2 aromatic heterocycles. The summed E-state index contributed by atoms with van der Waals surface area (Å²) in [5.41, 5.74) is 2.26. The molecule has 0 bridgehead atoms. The quantitative estimate of drug-likeness (QED) is 0.206. The Morgan fingerprint density at radius 2 is 1.79 bits per heavy atom. The Bertz CT molecular complexity index is 846. The van der Waals surface area contributed by atoms with Gasteiger partial charge in [0.25, 0.3) is 0 Å². The molecule has 0 saturated heterocycles. The van der Waals surface area contributed by atoms with Crippen LogP contribution in [0.15, 0.2) is 59.7 Å². The normalized spacial score (nSPS) is 11.2. The van der Waals surface area contributed by atoms with Crippen molar-refractivity contribution in [2.75, 3.05) is 13.1 Å². The molecule has 0 saturated carbocycles. The summed E-state index contributed by atoms with van der Waals surface area (Å²) in [6.45, 7) is 4.32. The number of guanidine groups is 1. The van der Waals surface area contributed by atoms with E-state index in [9.17, 15) is 0 Å². The first kappa shape index (κ1) is 22.1. The predicted octanol–water partition coefficient (Wildman–Crippen LogP) is 3.82. The molecule has 150 valence electrons. The van der Waals surface area contributed by atoms with Crippen molar-refractivity contribution in [3.05, 3.63) is 66.1 Å². The minimum atomic E-state index is 0. The van der Waals surface area contributed by atoms with Crippen molar-refractivity contribution < 1.29 is 0 Å². The fraction of sp³-hybridized carbons (Fsp3) is 0.381. The molecular formula is C21H29IN6. The Hall–Kier alpha value is -2.16. The van der Waals surface area contributed by atoms with Gasteiger partial charge in [0, 0.05) is 19.3 Å². The highest BCUT2D eigenvalue weighted by Crippen LogP contribution is 2.06. The highest BCUT2D eigenvalue weighted by molar-refractivity contribution is 14.0. The monoisotopic (exact) mass is 492 g/mol. The maximum Gasteiger partial charge on any atom is 0.191 e. The lowest BCUT2D eigenvalue weighted by molar-refractivity contribution is 0.655. The van der Waals surface area contributed by atoms with Crippen LogP contribution < -0.4 is 10.6 Å². The number of rotatable bonds is 9. The van der Waals surface area contributed by atoms with Crippen LogP contribution in [0.25, 0.3) is 5.65 Å². The molecule has 28 heavy (non-hydrogen) atoms. The van der Waals surface area contributed by atoms with Crippen LogP contribution in [-0.4, -0.2) is 33.6 Å². The van der Waals surface area contributed by atoms with Gasteiger partial charge in [0.05, 0.1) is 0 Å². The lowest BCUT2D eigenvalue weighted by atomic mass is 10.1. The summed E-state index contributed by atoms with van der Waals surface area (Å²) in [4.78, 5) is 4.64. The summed E-state index contributed by atoms with van der Waals surface area (Å²) >= 11 is 0. The van der Waals surface area contributed by atoms with Crippen molar-refractivity contribution in [1.82, 2.24) is 25.2 Å². The van der Waals surface area contributed by atoms with Crippen LogP contribution in [0.2, 0.25) is 0 Å². The van der Waals surface area contributed by atoms with Gasteiger partial charge in [0.15, 0.2) is 17.4 Å². The predicted molar refractivity (Wildman–Crippen MR) is 125 cm³/mol. The first-order valence-corrected chi connectivity index (χ1v) is 9.71. The Morgan fingerprint density at radius 3 is 2.61 bits per heavy atom. The zero-order valence-corrected chi connectivity index (χ0v) is 18.7. The Morgan fingerprint density at radius 1 is 0.964 bits per heavy atom. The molecule has 0 aliphatic heterocycles. The van der Waals surface area contributed by atoms with Gasteiger partial charge in [-0.25, -0.2) is 4.99 Å². The van der Waals surface area contributed by atoms with Gasteiger partial charge >= 0.3 is 0 Å². The fourth-order valence-corrected chi connectivity index (χ4v) is 2.97. The summed E-state index contributed by atoms with van der Waals surface area (Å²) in [5, 5.41) is 15.1. The van der Waals surface area contributed by atoms with Gasteiger partial charge in [0.2, 0.25) is 0 Å². The highest BCUT2D eigenvalue weighted by atomic mass is 127. The van der Waals surface area contributed by atoms with E-state index in [4.69, 9.17) is 0 Å². The molecule has 2 heterocycles. The first-order valence-electron chi connectivity index (χ1n) is 9.71. The standard InChI is InChI=1S/C21H28N6.HI/c1-2-22-21(23-15-9-4-7-13-18-11-5-3-6-12-18)24-17-20-26-25-19-14-8-10-16-27(19)20;/h3,5-6,8,10-12,14,16H,2,4,7,9,13,15,17H2,1H3,(H2,22,23,24);1H. The van der Waals surface area contributed by atoms with Gasteiger partial charge in [-0.2, -0.15) is 0 Å². The van der Waals surface area contributed by atoms with Crippen LogP contribution in [0.1, 0.15) is 37.6 Å². The van der Waals surface area contributed by atoms with Crippen molar-refractivity contribution >= 4 is 35.6 Å². The number of hydrogen-bond acceptors (Lipinski definition) is 3. The molecule has 1 aromatic carbocycles. The van der Waals surface area contributed by atoms with E-state index in [1.807, 2.05) is 28.8 Å². The van der Waals surface area contributed by atoms with Gasteiger partial charge < -0.3 is 10.6 Å². The molecule has 6 nitrogen and oxygen atoms in total. The molecule has 0 atom stereocenters. The van der Waals surface area contributed by atoms with Crippen LogP contribution in [0.3, 0.4) is 0 Å². The maximum absolute atomic E-state index is 4.64. The molecule has 2 N–H and O–H groups in total. The number of aliphatic imine (C=N–C) groups is 1. The topological polar surface area (TPSA) is 66.6 Å². The molecule has 3 rings (SSSR count). The zero-order valence-electron chi connectivity index (χ0n) is 16.3. The van der Waals surface area contributed by atoms with E-state index in [1.165, 1.54) is 18.4 Å². The van der Waals surface area contributed by atoms with Crippen molar-refractivity contribution in [2.24, 2.45) is 4.99 Å². The molecule has 0 aliphatic rings. The van der Waals surface area contributed by atoms with E-state index >= 15 is 0 Å². The second-order valence-corrected chi connectivity index (χ2v) is 6.46. The van der Waals surface area contributed by atoms with Crippen LogP contribution >= 0.6 is 24.0 Å². The van der Waals surface area contributed by atoms with Gasteiger partial charge in [-0.3, -0.25) is 4.40 Å². The molecule has 0 unspecified atom stereocenters. The van der Waals surface area contributed by atoms with Crippen molar-refractivity contribution in [3.8, 4) is 0 Å². The minimum Gasteiger partial charge on any atom is -0.357 e. The lowest BCUT2D eigenvalue weighted by Crippen LogP contribution is -2.37. The summed E-state index contributed by atoms with van der Waals surface area (Å²) < 4.78 is 1.97. The average molecular weight is 492 g/mol. The van der Waals surface area contributed by atoms with Gasteiger partial charge in [-0.15, -0.1) is 34.2 Å². The van der Waals surface area contributed by atoms with E-state index in [-0.39, 0.29) is 24.0 Å². The zero-order chi connectivity index (χ0) is 18.7. The third-order valence-electron chi connectivity index (χ3n) is 4.38. The summed E-state index contributed by atoms with van der Waals surface area (Å²) in [6.07, 6.45) is 6.66. The summed E-state index contributed by atoms with van der Waals surface area (Å²) in [5.74, 6) is 1.67. The third kappa shape index (κ3) is 6.78. The number of pyridine rings is 1. The Balaban J connectivity index is 0.00000280. The second-order valence-electron chi connectivity index (χ2n) is 6.46. The number of fused-ring (bicyclic) bond motifs is 1. The number of nitrogens with one attached hydrogen (secondary N) is 2. The number of aromatic nitrogens is 3. The van der Waals surface area contributed by atoms with Crippen molar-refractivity contribution in [1.29, 1.82) is 0 Å². The van der Waals surface area contributed by atoms with Gasteiger partial charge in [-0.1, -0.05) is 42.8 Å². The maximum atomic E-state index is 4.64. The summed E-state index contributed by atoms with van der Waals surface area (Å²) in [7, 11) is 0. The smallest absolute Gasteiger partial charge is 0.191 e. The van der Waals surface area contributed by atoms with Gasteiger partial charge in [-0.05, 0) is 43.9 Å². The molecule has 0 spiro atoms. The Labute approximate surface area is 183 Å². The van der Waals surface area contributed by atoms with Crippen LogP contribution in [-0.2, 0) is 13.0 Å². The van der Waals surface area contributed by atoms with E-state index in [0.29, 0.717) is 6.54 Å². The molecule has 0 aliphatic carbocycles. The third-order valence-corrected chi connectivity index (χ3v) is 4.38. The van der Waals surface area contributed by atoms with Crippen LogP contribution in [0.4, 0.5) is 0 Å². The molecule has 0 radical (unpaired) electrons. The fourth-order valence-electron chi connectivity index (χ4n) is 2.97. The SMILES string of the molecule is CCNC(=NCc1nnc2ccccn12)NCCCCCc1ccccc1.I. The highest BCUT2D eigenvalue weighted by Gasteiger charge is 2.04. The molecule has 7 heteroatoms. The second kappa shape index (κ2) is 12.3. The lowest BCUT2D eigenvalue weighted by Gasteiger charge is -2.11. The minimum absolute atomic E-state index is 0. The van der Waals surface area contributed by atoms with Crippen LogP contribution in [0.5, 0.6) is 0 Å². The Kier molecular flexibility index (Phi) is 9.74. The van der Waals surface area contributed by atoms with E-state index in [2.05, 4.69) is 63.1 Å². The number of nitrogens with zero attached hydrogens (tertiary/aromatic N) is 4. The average Bonchev–Trinajstić information content (AvgIpc) is 3.12. The molecular weight excluding hydrogens is 463 g/mol. The van der Waals surface area contributed by atoms with Gasteiger partial charge in [0.1, 0.15) is 6.54 Å². The number of hydrogen-bond donors (Lipinski definition) is 2. The summed E-state index contributed by atoms with van der Waals surface area (Å²) in [6, 6.07) is 16.5. The van der Waals surface area contributed by atoms with E-state index in [1.54, 1.807) is 0 Å². The number of unbranched alkanes of at least 4 members (excludes halogenated alkanes) is 2. The molecule has 3 aromatic rings. The van der Waals surface area contributed by atoms with Crippen molar-refractivity contribution in [3.63, 3.8) is 0 Å². The van der Waals surface area contributed by atoms with Crippen LogP contribution in [0, 0.1) is 0 Å². The number of benzene rings is 1. The van der Waals surface area contributed by atoms with E-state index in [0.717, 1.165) is 43.4 Å². The number of halogens is 1. The first-order chi connectivity index (χ1) is 13.4. The number of aryl methyl sites for hydroxylation is 1. The largest absolute Gasteiger partial charge is 0.357 e. The molecule has 0 fully saturated rings. The van der Waals surface area contributed by atoms with Crippen molar-refractivity contribution in [2.45, 2.75) is 39.2 Å². The van der Waals surface area contributed by atoms with E-state index < -0.39 is 0 Å². The molecule has 0 amide bonds.